The Morgan fingerprint density at radius 1 is 1.15 bits per heavy atom. The van der Waals surface area contributed by atoms with Crippen molar-refractivity contribution >= 4 is 16.6 Å². The maximum Gasteiger partial charge on any atom is 0.182 e. The molecular formula is C10H6N3. The van der Waals surface area contributed by atoms with E-state index in [1.165, 1.54) is 0 Å². The molecule has 0 aliphatic carbocycles. The van der Waals surface area contributed by atoms with Crippen LogP contribution in [-0.4, -0.2) is 14.4 Å². The molecule has 0 amide bonds. The lowest BCUT2D eigenvalue weighted by Crippen LogP contribution is -1.88. The molecule has 0 aliphatic rings. The average Bonchev–Trinajstić information content (AvgIpc) is 2.65. The van der Waals surface area contributed by atoms with E-state index >= 15 is 0 Å². The fraction of sp³-hybridized carbons (Fsp3) is 0. The van der Waals surface area contributed by atoms with Gasteiger partial charge < -0.3 is 0 Å². The number of para-hydroxylation sites is 2. The van der Waals surface area contributed by atoms with Crippen LogP contribution in [-0.2, 0) is 0 Å². The van der Waals surface area contributed by atoms with E-state index in [4.69, 9.17) is 0 Å². The number of hydrogen-bond acceptors (Lipinski definition) is 2. The largest absolute Gasteiger partial charge is 0.287 e. The van der Waals surface area contributed by atoms with Crippen LogP contribution in [0.3, 0.4) is 0 Å². The first-order valence-corrected chi connectivity index (χ1v) is 4.04. The lowest BCUT2D eigenvalue weighted by Gasteiger charge is -1.98. The van der Waals surface area contributed by atoms with Gasteiger partial charge in [-0.3, -0.25) is 9.38 Å². The molecule has 0 aliphatic heterocycles. The molecule has 0 fully saturated rings. The standard InChI is InChI=1S/C10H6N3/c1-2-4-10-9(3-1)12-6-8-5-11-7-13(8)10/h1-6H. The molecule has 0 unspecified atom stereocenters. The molecule has 3 rings (SSSR count). The topological polar surface area (TPSA) is 30.2 Å². The van der Waals surface area contributed by atoms with Crippen molar-refractivity contribution in [1.82, 2.24) is 14.4 Å². The predicted molar refractivity (Wildman–Crippen MR) is 49.3 cm³/mol. The Hall–Kier alpha value is -1.90. The van der Waals surface area contributed by atoms with Crippen LogP contribution in [0.2, 0.25) is 0 Å². The number of benzene rings is 1. The van der Waals surface area contributed by atoms with Crippen molar-refractivity contribution in [2.24, 2.45) is 0 Å². The molecular weight excluding hydrogens is 162 g/mol. The minimum absolute atomic E-state index is 0.962. The van der Waals surface area contributed by atoms with Crippen LogP contribution in [0.5, 0.6) is 0 Å². The van der Waals surface area contributed by atoms with Crippen molar-refractivity contribution in [3.8, 4) is 0 Å². The van der Waals surface area contributed by atoms with E-state index in [1.807, 2.05) is 28.7 Å². The van der Waals surface area contributed by atoms with Crippen molar-refractivity contribution in [3.05, 3.63) is 43.0 Å². The van der Waals surface area contributed by atoms with Gasteiger partial charge in [0.2, 0.25) is 0 Å². The van der Waals surface area contributed by atoms with E-state index in [9.17, 15) is 0 Å². The minimum atomic E-state index is 0.962. The Balaban J connectivity index is 2.65. The van der Waals surface area contributed by atoms with Gasteiger partial charge in [-0.2, -0.15) is 0 Å². The molecule has 0 bridgehead atoms. The summed E-state index contributed by atoms with van der Waals surface area (Å²) in [6.45, 7) is 0. The molecule has 3 heteroatoms. The van der Waals surface area contributed by atoms with Gasteiger partial charge in [-0.25, -0.2) is 4.98 Å². The molecule has 61 valence electrons. The first-order chi connectivity index (χ1) is 6.45. The molecule has 3 aromatic rings. The van der Waals surface area contributed by atoms with E-state index < -0.39 is 0 Å². The van der Waals surface area contributed by atoms with Gasteiger partial charge in [0.05, 0.1) is 28.9 Å². The predicted octanol–water partition coefficient (Wildman–Crippen LogP) is 1.68. The average molecular weight is 168 g/mol. The zero-order chi connectivity index (χ0) is 8.67. The van der Waals surface area contributed by atoms with Crippen LogP contribution in [0.1, 0.15) is 0 Å². The van der Waals surface area contributed by atoms with Crippen molar-refractivity contribution in [2.75, 3.05) is 0 Å². The summed E-state index contributed by atoms with van der Waals surface area (Å²) in [6.07, 6.45) is 6.44. The van der Waals surface area contributed by atoms with Gasteiger partial charge in [0.1, 0.15) is 0 Å². The number of aromatic nitrogens is 3. The van der Waals surface area contributed by atoms with E-state index in [-0.39, 0.29) is 0 Å². The van der Waals surface area contributed by atoms with Crippen LogP contribution >= 0.6 is 0 Å². The van der Waals surface area contributed by atoms with Gasteiger partial charge >= 0.3 is 0 Å². The summed E-state index contributed by atoms with van der Waals surface area (Å²) in [5.41, 5.74) is 2.97. The maximum atomic E-state index is 4.30. The normalized spacial score (nSPS) is 11.1. The van der Waals surface area contributed by atoms with Crippen molar-refractivity contribution < 1.29 is 0 Å². The van der Waals surface area contributed by atoms with E-state index in [1.54, 1.807) is 12.4 Å². The van der Waals surface area contributed by atoms with E-state index in [0.29, 0.717) is 0 Å². The highest BCUT2D eigenvalue weighted by Gasteiger charge is 1.99. The quantitative estimate of drug-likeness (QED) is 0.511. The second kappa shape index (κ2) is 2.29. The zero-order valence-corrected chi connectivity index (χ0v) is 6.81. The molecule has 2 aromatic heterocycles. The highest BCUT2D eigenvalue weighted by atomic mass is 15.0. The summed E-state index contributed by atoms with van der Waals surface area (Å²) >= 11 is 0. The second-order valence-corrected chi connectivity index (χ2v) is 2.87. The zero-order valence-electron chi connectivity index (χ0n) is 6.81. The Kier molecular flexibility index (Phi) is 1.16. The summed E-state index contributed by atoms with van der Waals surface area (Å²) in [5.74, 6) is 0. The van der Waals surface area contributed by atoms with Crippen LogP contribution in [0.15, 0.2) is 36.7 Å². The van der Waals surface area contributed by atoms with Crippen molar-refractivity contribution in [2.45, 2.75) is 0 Å². The van der Waals surface area contributed by atoms with Gasteiger partial charge in [-0.05, 0) is 12.1 Å². The number of rotatable bonds is 0. The first-order valence-electron chi connectivity index (χ1n) is 4.04. The van der Waals surface area contributed by atoms with Gasteiger partial charge in [0.15, 0.2) is 6.33 Å². The highest BCUT2D eigenvalue weighted by molar-refractivity contribution is 5.77. The molecule has 1 radical (unpaired) electrons. The fourth-order valence-electron chi connectivity index (χ4n) is 1.45. The molecule has 1 aromatic carbocycles. The lowest BCUT2D eigenvalue weighted by molar-refractivity contribution is 1.17. The Morgan fingerprint density at radius 3 is 3.08 bits per heavy atom. The summed E-state index contributed by atoms with van der Waals surface area (Å²) in [6, 6.07) is 7.94. The number of hydrogen-bond donors (Lipinski definition) is 0. The molecule has 0 atom stereocenters. The SMILES string of the molecule is [c]1ncc2cnc3ccccc3n12. The second-order valence-electron chi connectivity index (χ2n) is 2.87. The van der Waals surface area contributed by atoms with Crippen molar-refractivity contribution in [3.63, 3.8) is 0 Å². The van der Waals surface area contributed by atoms with Gasteiger partial charge in [0, 0.05) is 0 Å². The van der Waals surface area contributed by atoms with Gasteiger partial charge in [-0.15, -0.1) is 0 Å². The van der Waals surface area contributed by atoms with E-state index in [0.717, 1.165) is 16.6 Å². The summed E-state index contributed by atoms with van der Waals surface area (Å²) in [5, 5.41) is 0. The highest BCUT2D eigenvalue weighted by Crippen LogP contribution is 2.12. The molecule has 2 heterocycles. The minimum Gasteiger partial charge on any atom is -0.287 e. The maximum absolute atomic E-state index is 4.30. The Bertz CT molecular complexity index is 568. The van der Waals surface area contributed by atoms with Gasteiger partial charge in [-0.1, -0.05) is 12.1 Å². The summed E-state index contributed by atoms with van der Waals surface area (Å²) < 4.78 is 1.91. The number of fused-ring (bicyclic) bond motifs is 3. The van der Waals surface area contributed by atoms with Gasteiger partial charge in [0.25, 0.3) is 0 Å². The molecule has 0 spiro atoms. The van der Waals surface area contributed by atoms with Crippen LogP contribution in [0, 0.1) is 6.33 Å². The molecule has 0 N–H and O–H groups in total. The lowest BCUT2D eigenvalue weighted by atomic mass is 10.3. The van der Waals surface area contributed by atoms with E-state index in [2.05, 4.69) is 16.3 Å². The smallest absolute Gasteiger partial charge is 0.182 e. The molecule has 0 saturated heterocycles. The first kappa shape index (κ1) is 6.60. The molecule has 13 heavy (non-hydrogen) atoms. The van der Waals surface area contributed by atoms with Crippen LogP contribution in [0.25, 0.3) is 16.6 Å². The molecule has 3 nitrogen and oxygen atoms in total. The third kappa shape index (κ3) is 0.839. The number of nitrogens with zero attached hydrogens (tertiary/aromatic N) is 3. The number of imidazole rings is 1. The third-order valence-corrected chi connectivity index (χ3v) is 2.07. The Labute approximate surface area is 74.7 Å². The third-order valence-electron chi connectivity index (χ3n) is 2.07. The van der Waals surface area contributed by atoms with Crippen molar-refractivity contribution in [1.29, 1.82) is 0 Å². The summed E-state index contributed by atoms with van der Waals surface area (Å²) in [7, 11) is 0. The molecule has 0 saturated carbocycles. The summed E-state index contributed by atoms with van der Waals surface area (Å²) in [4.78, 5) is 8.25. The monoisotopic (exact) mass is 168 g/mol. The van der Waals surface area contributed by atoms with Crippen LogP contribution in [0.4, 0.5) is 0 Å². The van der Waals surface area contributed by atoms with Crippen LogP contribution < -0.4 is 0 Å². The fourth-order valence-corrected chi connectivity index (χ4v) is 1.45. The Morgan fingerprint density at radius 2 is 2.08 bits per heavy atom.